The fourth-order valence-corrected chi connectivity index (χ4v) is 5.71. The average molecular weight is 316 g/mol. The van der Waals surface area contributed by atoms with Gasteiger partial charge in [0.1, 0.15) is 6.10 Å². The smallest absolute Gasteiger partial charge is 0.310 e. The van der Waals surface area contributed by atoms with Gasteiger partial charge in [0.2, 0.25) is 0 Å². The van der Waals surface area contributed by atoms with Gasteiger partial charge in [0.05, 0.1) is 22.9 Å². The molecule has 0 aromatic heterocycles. The summed E-state index contributed by atoms with van der Waals surface area (Å²) in [5.74, 6) is -2.24. The molecule has 2 unspecified atom stereocenters. The van der Waals surface area contributed by atoms with Crippen LogP contribution in [0.5, 0.6) is 0 Å². The number of hydrogen-bond donors (Lipinski definition) is 1. The topological polar surface area (TPSA) is 80.7 Å². The first-order chi connectivity index (χ1) is 10.6. The van der Waals surface area contributed by atoms with Crippen LogP contribution < -0.4 is 0 Å². The molecule has 122 valence electrons. The van der Waals surface area contributed by atoms with Crippen molar-refractivity contribution in [2.24, 2.45) is 28.6 Å². The monoisotopic (exact) mass is 316 g/mol. The summed E-state index contributed by atoms with van der Waals surface area (Å²) in [5.41, 5.74) is -0.653. The number of carbonyl (C=O) groups excluding carboxylic acids is 3. The molecule has 1 saturated carbocycles. The van der Waals surface area contributed by atoms with Crippen molar-refractivity contribution < 1.29 is 24.2 Å². The highest BCUT2D eigenvalue weighted by Gasteiger charge is 2.73. The van der Waals surface area contributed by atoms with Crippen LogP contribution in [0, 0.1) is 28.6 Å². The molecule has 23 heavy (non-hydrogen) atoms. The van der Waals surface area contributed by atoms with Crippen LogP contribution in [0.4, 0.5) is 0 Å². The number of aliphatic hydroxyl groups is 1. The zero-order valence-corrected chi connectivity index (χ0v) is 13.6. The van der Waals surface area contributed by atoms with Gasteiger partial charge in [-0.15, -0.1) is 0 Å². The summed E-state index contributed by atoms with van der Waals surface area (Å²) >= 11 is 0. The lowest BCUT2D eigenvalue weighted by Crippen LogP contribution is -2.64. The Morgan fingerprint density at radius 2 is 1.78 bits per heavy atom. The van der Waals surface area contributed by atoms with E-state index in [-0.39, 0.29) is 17.5 Å². The molecule has 5 heteroatoms. The largest absolute Gasteiger partial charge is 0.459 e. The first-order valence-electron chi connectivity index (χ1n) is 8.03. The predicted molar refractivity (Wildman–Crippen MR) is 80.1 cm³/mol. The number of carbonyl (C=O) groups is 3. The quantitative estimate of drug-likeness (QED) is 0.679. The van der Waals surface area contributed by atoms with Gasteiger partial charge >= 0.3 is 5.97 Å². The maximum Gasteiger partial charge on any atom is 0.310 e. The number of ether oxygens (including phenoxy) is 1. The average Bonchev–Trinajstić information content (AvgIpc) is 2.83. The number of aliphatic hydroxyl groups excluding tert-OH is 1. The highest BCUT2D eigenvalue weighted by molar-refractivity contribution is 6.10. The normalized spacial score (nSPS) is 51.0. The Morgan fingerprint density at radius 1 is 1.13 bits per heavy atom. The first-order valence-corrected chi connectivity index (χ1v) is 8.03. The maximum atomic E-state index is 13.0. The van der Waals surface area contributed by atoms with Crippen molar-refractivity contribution in [3.8, 4) is 0 Å². The summed E-state index contributed by atoms with van der Waals surface area (Å²) in [6.45, 7) is 7.14. The lowest BCUT2D eigenvalue weighted by atomic mass is 9.45. The Hall–Kier alpha value is -1.75. The van der Waals surface area contributed by atoms with Crippen LogP contribution in [-0.2, 0) is 19.1 Å². The number of esters is 1. The van der Waals surface area contributed by atoms with Crippen molar-refractivity contribution in [3.63, 3.8) is 0 Å². The molecule has 7 atom stereocenters. The minimum atomic E-state index is -1.12. The highest BCUT2D eigenvalue weighted by atomic mass is 16.6. The van der Waals surface area contributed by atoms with Gasteiger partial charge in [0.25, 0.3) is 0 Å². The van der Waals surface area contributed by atoms with Gasteiger partial charge in [-0.25, -0.2) is 0 Å². The molecule has 2 bridgehead atoms. The summed E-state index contributed by atoms with van der Waals surface area (Å²) in [5, 5.41) is 10.9. The van der Waals surface area contributed by atoms with E-state index in [1.54, 1.807) is 26.8 Å². The SMILES string of the molecule is CC1=CC(=O)[C@@]2(C)C1=CC(=O)[C@]1(C)C2C(O)[C@@H]2OC(=O)[C@H]1[C@H]2C. The standard InChI is InChI=1S/C18H20O5/c1-7-5-10(19)17(3)9(7)6-11(20)18(4)12-8(2)14(23-16(12)22)13(21)15(17)18/h5-6,8,12-15,21H,1-4H3/t8-,12-,13?,14-,15?,17-,18+/m1/s1. The van der Waals surface area contributed by atoms with Gasteiger partial charge in [-0.1, -0.05) is 13.8 Å². The number of ketones is 2. The zero-order valence-electron chi connectivity index (χ0n) is 13.6. The summed E-state index contributed by atoms with van der Waals surface area (Å²) in [7, 11) is 0. The van der Waals surface area contributed by atoms with Crippen molar-refractivity contribution >= 4 is 17.5 Å². The fraction of sp³-hybridized carbons (Fsp3) is 0.611. The number of fused-ring (bicyclic) bond motifs is 6. The van der Waals surface area contributed by atoms with E-state index in [1.165, 1.54) is 6.08 Å². The van der Waals surface area contributed by atoms with E-state index in [0.29, 0.717) is 5.57 Å². The summed E-state index contributed by atoms with van der Waals surface area (Å²) in [6, 6.07) is 0. The van der Waals surface area contributed by atoms with E-state index in [2.05, 4.69) is 0 Å². The molecule has 3 aliphatic carbocycles. The van der Waals surface area contributed by atoms with Crippen molar-refractivity contribution in [3.05, 3.63) is 23.3 Å². The van der Waals surface area contributed by atoms with Crippen LogP contribution in [0.15, 0.2) is 23.3 Å². The predicted octanol–water partition coefficient (Wildman–Crippen LogP) is 1.21. The summed E-state index contributed by atoms with van der Waals surface area (Å²) < 4.78 is 5.38. The van der Waals surface area contributed by atoms with E-state index < -0.39 is 40.8 Å². The van der Waals surface area contributed by atoms with Gasteiger partial charge < -0.3 is 9.84 Å². The number of rotatable bonds is 0. The van der Waals surface area contributed by atoms with E-state index in [0.717, 1.165) is 5.57 Å². The Labute approximate surface area is 134 Å². The Morgan fingerprint density at radius 3 is 2.43 bits per heavy atom. The van der Waals surface area contributed by atoms with Crippen LogP contribution in [0.25, 0.3) is 0 Å². The molecule has 1 N–H and O–H groups in total. The van der Waals surface area contributed by atoms with E-state index in [9.17, 15) is 19.5 Å². The molecule has 4 rings (SSSR count). The van der Waals surface area contributed by atoms with Gasteiger partial charge in [-0.05, 0) is 37.1 Å². The zero-order chi connectivity index (χ0) is 16.9. The third-order valence-corrected chi connectivity index (χ3v) is 6.79. The molecule has 0 aromatic carbocycles. The second kappa shape index (κ2) is 4.01. The molecule has 1 heterocycles. The number of hydrogen-bond acceptors (Lipinski definition) is 5. The van der Waals surface area contributed by atoms with Crippen LogP contribution >= 0.6 is 0 Å². The van der Waals surface area contributed by atoms with Crippen molar-refractivity contribution in [1.82, 2.24) is 0 Å². The van der Waals surface area contributed by atoms with E-state index >= 15 is 0 Å². The Bertz CT molecular complexity index is 732. The molecule has 5 nitrogen and oxygen atoms in total. The van der Waals surface area contributed by atoms with Crippen molar-refractivity contribution in [1.29, 1.82) is 0 Å². The van der Waals surface area contributed by atoms with Crippen LogP contribution in [0.2, 0.25) is 0 Å². The molecule has 1 aliphatic heterocycles. The maximum absolute atomic E-state index is 13.0. The molecular weight excluding hydrogens is 296 g/mol. The van der Waals surface area contributed by atoms with Crippen molar-refractivity contribution in [2.45, 2.75) is 39.9 Å². The first kappa shape index (κ1) is 14.8. The molecule has 0 radical (unpaired) electrons. The van der Waals surface area contributed by atoms with Gasteiger partial charge in [-0.2, -0.15) is 0 Å². The van der Waals surface area contributed by atoms with Crippen molar-refractivity contribution in [2.75, 3.05) is 0 Å². The Kier molecular flexibility index (Phi) is 2.58. The third kappa shape index (κ3) is 1.37. The molecule has 1 saturated heterocycles. The molecule has 0 amide bonds. The van der Waals surface area contributed by atoms with Gasteiger partial charge in [-0.3, -0.25) is 14.4 Å². The second-order valence-electron chi connectivity index (χ2n) is 7.81. The van der Waals surface area contributed by atoms with Crippen LogP contribution in [0.1, 0.15) is 27.7 Å². The van der Waals surface area contributed by atoms with Gasteiger partial charge in [0.15, 0.2) is 11.6 Å². The van der Waals surface area contributed by atoms with Gasteiger partial charge in [0, 0.05) is 11.8 Å². The molecular formula is C18H20O5. The third-order valence-electron chi connectivity index (χ3n) is 6.79. The fourth-order valence-electron chi connectivity index (χ4n) is 5.71. The summed E-state index contributed by atoms with van der Waals surface area (Å²) in [4.78, 5) is 38.1. The molecule has 0 aromatic rings. The lowest BCUT2D eigenvalue weighted by Gasteiger charge is -2.55. The van der Waals surface area contributed by atoms with Crippen LogP contribution in [0.3, 0.4) is 0 Å². The molecule has 0 spiro atoms. The van der Waals surface area contributed by atoms with E-state index in [1.807, 2.05) is 6.92 Å². The van der Waals surface area contributed by atoms with Crippen LogP contribution in [-0.4, -0.2) is 34.9 Å². The molecule has 4 aliphatic rings. The van der Waals surface area contributed by atoms with E-state index in [4.69, 9.17) is 4.74 Å². The minimum absolute atomic E-state index is 0.106. The second-order valence-corrected chi connectivity index (χ2v) is 7.81. The minimum Gasteiger partial charge on any atom is -0.459 e. The Balaban J connectivity index is 2.00. The number of allylic oxidation sites excluding steroid dienone is 4. The highest BCUT2D eigenvalue weighted by Crippen LogP contribution is 2.64. The summed E-state index contributed by atoms with van der Waals surface area (Å²) in [6.07, 6.45) is 1.38. The lowest BCUT2D eigenvalue weighted by molar-refractivity contribution is -0.165. The molecule has 2 fully saturated rings.